The van der Waals surface area contributed by atoms with Gasteiger partial charge in [-0.15, -0.1) is 11.3 Å². The van der Waals surface area contributed by atoms with E-state index in [1.54, 1.807) is 14.0 Å². The zero-order valence-corrected chi connectivity index (χ0v) is 13.3. The second-order valence-corrected chi connectivity index (χ2v) is 7.92. The number of rotatable bonds is 6. The number of halogens is 1. The molecule has 108 valence electrons. The Hall–Kier alpha value is -0.630. The van der Waals surface area contributed by atoms with Crippen LogP contribution in [0.1, 0.15) is 27.9 Å². The van der Waals surface area contributed by atoms with Gasteiger partial charge in [-0.25, -0.2) is 8.42 Å². The molecule has 0 aliphatic carbocycles. The fourth-order valence-corrected chi connectivity index (χ4v) is 4.05. The standard InChI is InChI=1S/C11H16ClNO4S2/c1-7(4-5-17-3)13-11(14)9-6-10(8(2)18-9)19(12,15)16/h6-7H,4-5H2,1-3H3,(H,13,14). The molecule has 8 heteroatoms. The average Bonchev–Trinajstić information content (AvgIpc) is 2.68. The Labute approximate surface area is 121 Å². The van der Waals surface area contributed by atoms with E-state index in [4.69, 9.17) is 15.4 Å². The lowest BCUT2D eigenvalue weighted by Crippen LogP contribution is -2.32. The van der Waals surface area contributed by atoms with E-state index in [0.29, 0.717) is 22.8 Å². The largest absolute Gasteiger partial charge is 0.385 e. The number of carbonyl (C=O) groups excluding carboxylic acids is 1. The number of ether oxygens (including phenoxy) is 1. The van der Waals surface area contributed by atoms with Gasteiger partial charge in [-0.1, -0.05) is 0 Å². The molecule has 1 rings (SSSR count). The first-order valence-electron chi connectivity index (χ1n) is 5.60. The van der Waals surface area contributed by atoms with Crippen molar-refractivity contribution in [1.82, 2.24) is 5.32 Å². The lowest BCUT2D eigenvalue weighted by molar-refractivity contribution is 0.0933. The quantitative estimate of drug-likeness (QED) is 0.813. The molecule has 1 heterocycles. The summed E-state index contributed by atoms with van der Waals surface area (Å²) >= 11 is 1.11. The lowest BCUT2D eigenvalue weighted by atomic mass is 10.2. The lowest BCUT2D eigenvalue weighted by Gasteiger charge is -2.12. The molecule has 0 fully saturated rings. The summed E-state index contributed by atoms with van der Waals surface area (Å²) in [5.41, 5.74) is 0. The highest BCUT2D eigenvalue weighted by atomic mass is 35.7. The number of amides is 1. The smallest absolute Gasteiger partial charge is 0.262 e. The highest BCUT2D eigenvalue weighted by molar-refractivity contribution is 8.13. The molecular weight excluding hydrogens is 310 g/mol. The van der Waals surface area contributed by atoms with Crippen molar-refractivity contribution >= 4 is 37.0 Å². The Balaban J connectivity index is 2.79. The van der Waals surface area contributed by atoms with Gasteiger partial charge in [0.15, 0.2) is 0 Å². The third-order valence-corrected chi connectivity index (χ3v) is 5.12. The van der Waals surface area contributed by atoms with Crippen LogP contribution in [-0.4, -0.2) is 34.1 Å². The third-order valence-electron chi connectivity index (χ3n) is 2.49. The summed E-state index contributed by atoms with van der Waals surface area (Å²) in [6, 6.07) is 1.26. The van der Waals surface area contributed by atoms with Crippen LogP contribution >= 0.6 is 22.0 Å². The second kappa shape index (κ2) is 6.69. The van der Waals surface area contributed by atoms with Crippen LogP contribution in [0.4, 0.5) is 0 Å². The summed E-state index contributed by atoms with van der Waals surface area (Å²) in [7, 11) is 3.07. The minimum absolute atomic E-state index is 0.00568. The van der Waals surface area contributed by atoms with E-state index in [9.17, 15) is 13.2 Å². The van der Waals surface area contributed by atoms with E-state index in [1.165, 1.54) is 6.07 Å². The summed E-state index contributed by atoms with van der Waals surface area (Å²) in [5.74, 6) is -0.303. The van der Waals surface area contributed by atoms with E-state index < -0.39 is 9.05 Å². The van der Waals surface area contributed by atoms with Crippen LogP contribution in [0.5, 0.6) is 0 Å². The van der Waals surface area contributed by atoms with Crippen LogP contribution in [-0.2, 0) is 13.8 Å². The van der Waals surface area contributed by atoms with Crippen LogP contribution in [0.25, 0.3) is 0 Å². The van der Waals surface area contributed by atoms with Crippen molar-refractivity contribution in [2.75, 3.05) is 13.7 Å². The van der Waals surface area contributed by atoms with Gasteiger partial charge >= 0.3 is 0 Å². The van der Waals surface area contributed by atoms with Gasteiger partial charge in [0.05, 0.1) is 9.77 Å². The average molecular weight is 326 g/mol. The first-order chi connectivity index (χ1) is 8.75. The Morgan fingerprint density at radius 1 is 1.58 bits per heavy atom. The third kappa shape index (κ3) is 4.76. The van der Waals surface area contributed by atoms with Gasteiger partial charge in [0.1, 0.15) is 0 Å². The van der Waals surface area contributed by atoms with Gasteiger partial charge in [-0.05, 0) is 26.3 Å². The molecular formula is C11H16ClNO4S2. The minimum atomic E-state index is -3.81. The molecule has 0 spiro atoms. The highest BCUT2D eigenvalue weighted by Gasteiger charge is 2.20. The Kier molecular flexibility index (Phi) is 5.79. The number of methoxy groups -OCH3 is 1. The van der Waals surface area contributed by atoms with E-state index in [2.05, 4.69) is 5.32 Å². The number of carbonyl (C=O) groups is 1. The molecule has 1 unspecified atom stereocenters. The van der Waals surface area contributed by atoms with Crippen LogP contribution in [0.3, 0.4) is 0 Å². The first-order valence-corrected chi connectivity index (χ1v) is 8.73. The zero-order valence-electron chi connectivity index (χ0n) is 10.9. The van der Waals surface area contributed by atoms with Crippen LogP contribution < -0.4 is 5.32 Å². The molecule has 0 aromatic carbocycles. The van der Waals surface area contributed by atoms with Gasteiger partial charge in [0, 0.05) is 35.3 Å². The Bertz CT molecular complexity index is 553. The molecule has 1 atom stereocenters. The number of thiophene rings is 1. The first kappa shape index (κ1) is 16.4. The summed E-state index contributed by atoms with van der Waals surface area (Å²) in [5, 5.41) is 2.78. The van der Waals surface area contributed by atoms with Crippen molar-refractivity contribution in [2.45, 2.75) is 31.2 Å². The predicted molar refractivity (Wildman–Crippen MR) is 75.5 cm³/mol. The number of hydrogen-bond donors (Lipinski definition) is 1. The topological polar surface area (TPSA) is 72.5 Å². The maximum atomic E-state index is 11.9. The van der Waals surface area contributed by atoms with E-state index in [-0.39, 0.29) is 16.8 Å². The SMILES string of the molecule is COCCC(C)NC(=O)c1cc(S(=O)(=O)Cl)c(C)s1. The molecule has 5 nitrogen and oxygen atoms in total. The Morgan fingerprint density at radius 3 is 2.68 bits per heavy atom. The van der Waals surface area contributed by atoms with Crippen molar-refractivity contribution in [1.29, 1.82) is 0 Å². The molecule has 0 bridgehead atoms. The van der Waals surface area contributed by atoms with Gasteiger partial charge < -0.3 is 10.1 Å². The molecule has 0 saturated carbocycles. The number of nitrogens with one attached hydrogen (secondary N) is 1. The Morgan fingerprint density at radius 2 is 2.21 bits per heavy atom. The van der Waals surface area contributed by atoms with E-state index >= 15 is 0 Å². The fourth-order valence-electron chi connectivity index (χ4n) is 1.48. The highest BCUT2D eigenvalue weighted by Crippen LogP contribution is 2.28. The van der Waals surface area contributed by atoms with Crippen molar-refractivity contribution in [2.24, 2.45) is 0 Å². The predicted octanol–water partition coefficient (Wildman–Crippen LogP) is 2.14. The molecule has 1 aromatic heterocycles. The molecule has 0 aliphatic rings. The normalized spacial score (nSPS) is 13.3. The molecule has 0 saturated heterocycles. The van der Waals surface area contributed by atoms with Gasteiger partial charge in [0.2, 0.25) is 0 Å². The maximum Gasteiger partial charge on any atom is 0.262 e. The minimum Gasteiger partial charge on any atom is -0.385 e. The van der Waals surface area contributed by atoms with E-state index in [1.807, 2.05) is 6.92 Å². The van der Waals surface area contributed by atoms with Crippen molar-refractivity contribution in [3.63, 3.8) is 0 Å². The zero-order chi connectivity index (χ0) is 14.6. The molecule has 0 radical (unpaired) electrons. The number of aryl methyl sites for hydroxylation is 1. The van der Waals surface area contributed by atoms with Gasteiger partial charge in [0.25, 0.3) is 15.0 Å². The number of hydrogen-bond acceptors (Lipinski definition) is 5. The maximum absolute atomic E-state index is 11.9. The second-order valence-electron chi connectivity index (χ2n) is 4.12. The van der Waals surface area contributed by atoms with E-state index in [0.717, 1.165) is 11.3 Å². The van der Waals surface area contributed by atoms with Crippen molar-refractivity contribution in [3.8, 4) is 0 Å². The van der Waals surface area contributed by atoms with Crippen molar-refractivity contribution in [3.05, 3.63) is 15.8 Å². The van der Waals surface area contributed by atoms with Crippen LogP contribution in [0.2, 0.25) is 0 Å². The fraction of sp³-hybridized carbons (Fsp3) is 0.545. The molecule has 1 aromatic rings. The van der Waals surface area contributed by atoms with Crippen LogP contribution in [0, 0.1) is 6.92 Å². The molecule has 19 heavy (non-hydrogen) atoms. The van der Waals surface area contributed by atoms with Gasteiger partial charge in [-0.2, -0.15) is 0 Å². The molecule has 0 aliphatic heterocycles. The van der Waals surface area contributed by atoms with Crippen molar-refractivity contribution < 1.29 is 17.9 Å². The van der Waals surface area contributed by atoms with Crippen LogP contribution in [0.15, 0.2) is 11.0 Å². The molecule has 1 amide bonds. The summed E-state index contributed by atoms with van der Waals surface area (Å²) in [6.07, 6.45) is 0.688. The summed E-state index contributed by atoms with van der Waals surface area (Å²) in [6.45, 7) is 4.02. The van der Waals surface area contributed by atoms with Gasteiger partial charge in [-0.3, -0.25) is 4.79 Å². The summed E-state index contributed by atoms with van der Waals surface area (Å²) in [4.78, 5) is 12.8. The monoisotopic (exact) mass is 325 g/mol. The summed E-state index contributed by atoms with van der Waals surface area (Å²) < 4.78 is 27.5. The molecule has 1 N–H and O–H groups in total.